The van der Waals surface area contributed by atoms with Crippen molar-refractivity contribution in [1.82, 2.24) is 14.6 Å². The Kier molecular flexibility index (Phi) is 4.44. The molecule has 0 aromatic carbocycles. The summed E-state index contributed by atoms with van der Waals surface area (Å²) in [5.41, 5.74) is 0.116. The molecule has 0 saturated heterocycles. The number of hydrogen-bond donors (Lipinski definition) is 1. The molecule has 27 heavy (non-hydrogen) atoms. The number of aromatic nitrogens is 3. The Morgan fingerprint density at radius 1 is 1.19 bits per heavy atom. The van der Waals surface area contributed by atoms with Crippen LogP contribution >= 0.6 is 0 Å². The van der Waals surface area contributed by atoms with Crippen LogP contribution < -0.4 is 11.0 Å². The lowest BCUT2D eigenvalue weighted by Gasteiger charge is -2.16. The zero-order valence-corrected chi connectivity index (χ0v) is 15.0. The Morgan fingerprint density at radius 3 is 2.41 bits per heavy atom. The molecule has 144 valence electrons. The summed E-state index contributed by atoms with van der Waals surface area (Å²) in [4.78, 5) is 32.7. The fourth-order valence-corrected chi connectivity index (χ4v) is 2.48. The Morgan fingerprint density at radius 2 is 1.85 bits per heavy atom. The Balaban J connectivity index is 2.30. The Bertz CT molecular complexity index is 1100. The highest BCUT2D eigenvalue weighted by Gasteiger charge is 2.33. The number of alkyl halides is 3. The molecule has 10 heteroatoms. The van der Waals surface area contributed by atoms with Gasteiger partial charge in [-0.25, -0.2) is 9.97 Å². The first-order valence-corrected chi connectivity index (χ1v) is 8.25. The van der Waals surface area contributed by atoms with Crippen molar-refractivity contribution in [3.8, 4) is 0 Å². The monoisotopic (exact) mass is 382 g/mol. The van der Waals surface area contributed by atoms with Crippen molar-refractivity contribution in [2.45, 2.75) is 39.8 Å². The zero-order chi connectivity index (χ0) is 20.1. The summed E-state index contributed by atoms with van der Waals surface area (Å²) in [5.74, 6) is -0.793. The molecule has 7 nitrogen and oxygen atoms in total. The van der Waals surface area contributed by atoms with Gasteiger partial charge in [0.2, 0.25) is 17.2 Å². The minimum Gasteiger partial charge on any atom is -0.430 e. The van der Waals surface area contributed by atoms with Gasteiger partial charge < -0.3 is 4.42 Å². The fraction of sp³-hybridized carbons (Fsp3) is 0.412. The number of nitrogens with zero attached hydrogens (tertiary/aromatic N) is 3. The lowest BCUT2D eigenvalue weighted by molar-refractivity contribution is -0.141. The number of fused-ring (bicyclic) bond motifs is 3. The van der Waals surface area contributed by atoms with Gasteiger partial charge in [-0.3, -0.25) is 15.0 Å². The van der Waals surface area contributed by atoms with Gasteiger partial charge in [0.1, 0.15) is 17.0 Å². The van der Waals surface area contributed by atoms with E-state index in [0.29, 0.717) is 0 Å². The van der Waals surface area contributed by atoms with Gasteiger partial charge in [0.15, 0.2) is 0 Å². The van der Waals surface area contributed by atoms with Crippen LogP contribution in [0.15, 0.2) is 21.3 Å². The van der Waals surface area contributed by atoms with Crippen LogP contribution in [0.25, 0.3) is 22.2 Å². The molecule has 0 unspecified atom stereocenters. The highest BCUT2D eigenvalue weighted by molar-refractivity contribution is 6.00. The second kappa shape index (κ2) is 6.36. The average Bonchev–Trinajstić information content (AvgIpc) is 2.94. The number of amides is 1. The minimum absolute atomic E-state index is 0.106. The molecule has 3 aromatic heterocycles. The molecule has 0 radical (unpaired) electrons. The predicted octanol–water partition coefficient (Wildman–Crippen LogP) is 3.41. The second-order valence-electron chi connectivity index (χ2n) is 6.72. The van der Waals surface area contributed by atoms with Gasteiger partial charge in [-0.15, -0.1) is 0 Å². The van der Waals surface area contributed by atoms with Gasteiger partial charge in [-0.2, -0.15) is 17.8 Å². The van der Waals surface area contributed by atoms with E-state index < -0.39 is 23.3 Å². The average molecular weight is 382 g/mol. The number of nitrogens with one attached hydrogen (secondary N) is 1. The van der Waals surface area contributed by atoms with E-state index in [0.717, 1.165) is 10.7 Å². The molecule has 0 aliphatic heterocycles. The Labute approximate surface area is 151 Å². The van der Waals surface area contributed by atoms with Crippen LogP contribution in [0.4, 0.5) is 13.2 Å². The molecule has 3 rings (SSSR count). The third-order valence-electron chi connectivity index (χ3n) is 3.94. The molecule has 0 saturated carbocycles. The van der Waals surface area contributed by atoms with Crippen LogP contribution in [0.5, 0.6) is 0 Å². The summed E-state index contributed by atoms with van der Waals surface area (Å²) in [5, 5.41) is 0.194. The highest BCUT2D eigenvalue weighted by Crippen LogP contribution is 2.31. The number of hydrogen-bond acceptors (Lipinski definition) is 5. The van der Waals surface area contributed by atoms with E-state index in [-0.39, 0.29) is 39.9 Å². The van der Waals surface area contributed by atoms with Crippen LogP contribution in [-0.4, -0.2) is 20.6 Å². The highest BCUT2D eigenvalue weighted by atomic mass is 19.4. The van der Waals surface area contributed by atoms with E-state index in [9.17, 15) is 22.8 Å². The lowest BCUT2D eigenvalue weighted by Crippen LogP contribution is -2.38. The van der Waals surface area contributed by atoms with Gasteiger partial charge in [-0.1, -0.05) is 27.7 Å². The molecule has 0 bridgehead atoms. The van der Waals surface area contributed by atoms with Crippen molar-refractivity contribution >= 4 is 28.1 Å². The maximum Gasteiger partial charge on any atom is 0.433 e. The first-order valence-electron chi connectivity index (χ1n) is 8.25. The molecular weight excluding hydrogens is 365 g/mol. The van der Waals surface area contributed by atoms with Gasteiger partial charge in [0.05, 0.1) is 5.39 Å². The van der Waals surface area contributed by atoms with E-state index in [1.807, 2.05) is 0 Å². The van der Waals surface area contributed by atoms with Gasteiger partial charge in [0, 0.05) is 11.8 Å². The normalized spacial score (nSPS) is 12.5. The topological polar surface area (TPSA) is 90.0 Å². The Hall–Kier alpha value is -2.91. The lowest BCUT2D eigenvalue weighted by atomic mass is 10.2. The maximum atomic E-state index is 12.9. The smallest absolute Gasteiger partial charge is 0.430 e. The van der Waals surface area contributed by atoms with Crippen LogP contribution in [0.1, 0.15) is 45.1 Å². The van der Waals surface area contributed by atoms with Gasteiger partial charge in [-0.05, 0) is 12.1 Å². The molecule has 0 aliphatic rings. The fourth-order valence-electron chi connectivity index (χ4n) is 2.48. The summed E-state index contributed by atoms with van der Waals surface area (Å²) in [7, 11) is 0. The predicted molar refractivity (Wildman–Crippen MR) is 91.9 cm³/mol. The van der Waals surface area contributed by atoms with Gasteiger partial charge >= 0.3 is 11.7 Å². The van der Waals surface area contributed by atoms with Crippen LogP contribution in [-0.2, 0) is 11.0 Å². The van der Waals surface area contributed by atoms with E-state index >= 15 is 0 Å². The molecule has 0 spiro atoms. The summed E-state index contributed by atoms with van der Waals surface area (Å²) < 4.78 is 44.9. The standard InChI is InChI=1S/C17H17F3N4O3/c1-7(2)13-22-11-9-5-6-10(17(18,19)20)21-15(9)27-12(11)16(26)24(13)23-14(25)8(3)4/h5-8H,1-4H3,(H,23,25). The number of carbonyl (C=O) groups is 1. The quantitative estimate of drug-likeness (QED) is 0.750. The summed E-state index contributed by atoms with van der Waals surface area (Å²) in [6, 6.07) is 1.98. The maximum absolute atomic E-state index is 12.9. The van der Waals surface area contributed by atoms with Crippen molar-refractivity contribution in [1.29, 1.82) is 0 Å². The number of carbonyl (C=O) groups excluding carboxylic acids is 1. The van der Waals surface area contributed by atoms with E-state index in [1.165, 1.54) is 6.07 Å². The summed E-state index contributed by atoms with van der Waals surface area (Å²) in [6.45, 7) is 6.86. The van der Waals surface area contributed by atoms with Crippen LogP contribution in [0, 0.1) is 5.92 Å². The third kappa shape index (κ3) is 3.26. The van der Waals surface area contributed by atoms with E-state index in [2.05, 4.69) is 15.4 Å². The molecule has 0 fully saturated rings. The van der Waals surface area contributed by atoms with E-state index in [1.54, 1.807) is 27.7 Å². The first kappa shape index (κ1) is 18.9. The number of halogens is 3. The van der Waals surface area contributed by atoms with Crippen molar-refractivity contribution in [3.63, 3.8) is 0 Å². The molecule has 1 N–H and O–H groups in total. The number of rotatable bonds is 3. The summed E-state index contributed by atoms with van der Waals surface area (Å²) >= 11 is 0. The van der Waals surface area contributed by atoms with Gasteiger partial charge in [0.25, 0.3) is 0 Å². The summed E-state index contributed by atoms with van der Waals surface area (Å²) in [6.07, 6.45) is -4.64. The van der Waals surface area contributed by atoms with E-state index in [4.69, 9.17) is 4.42 Å². The minimum atomic E-state index is -4.64. The largest absolute Gasteiger partial charge is 0.433 e. The van der Waals surface area contributed by atoms with Crippen molar-refractivity contribution in [3.05, 3.63) is 34.0 Å². The van der Waals surface area contributed by atoms with Crippen LogP contribution in [0.2, 0.25) is 0 Å². The molecule has 3 aromatic rings. The molecular formula is C17H17F3N4O3. The van der Waals surface area contributed by atoms with Crippen molar-refractivity contribution in [2.75, 3.05) is 5.43 Å². The second-order valence-corrected chi connectivity index (χ2v) is 6.72. The molecule has 0 aliphatic carbocycles. The first-order chi connectivity index (χ1) is 12.5. The van der Waals surface area contributed by atoms with Crippen LogP contribution in [0.3, 0.4) is 0 Å². The molecule has 3 heterocycles. The van der Waals surface area contributed by atoms with Crippen molar-refractivity contribution in [2.24, 2.45) is 5.92 Å². The number of furan rings is 1. The zero-order valence-electron chi connectivity index (χ0n) is 15.0. The SMILES string of the molecule is CC(C)C(=O)Nn1c(C(C)C)nc2c(oc3nc(C(F)(F)F)ccc32)c1=O. The number of pyridine rings is 1. The van der Waals surface area contributed by atoms with Crippen molar-refractivity contribution < 1.29 is 22.4 Å². The third-order valence-corrected chi connectivity index (χ3v) is 3.94. The molecule has 0 atom stereocenters. The molecule has 1 amide bonds.